The second-order valence-electron chi connectivity index (χ2n) is 7.77. The summed E-state index contributed by atoms with van der Waals surface area (Å²) in [6.45, 7) is 4.18. The number of hydrogen-bond acceptors (Lipinski definition) is 3. The van der Waals surface area contributed by atoms with Gasteiger partial charge in [0.15, 0.2) is 0 Å². The van der Waals surface area contributed by atoms with Crippen LogP contribution in [0.4, 0.5) is 0 Å². The Kier molecular flexibility index (Phi) is 5.49. The van der Waals surface area contributed by atoms with Crippen LogP contribution in [-0.2, 0) is 11.8 Å². The monoisotopic (exact) mass is 359 g/mol. The lowest BCUT2D eigenvalue weighted by Crippen LogP contribution is -2.42. The Morgan fingerprint density at radius 2 is 1.77 bits per heavy atom. The minimum Gasteiger partial charge on any atom is -0.347 e. The minimum absolute atomic E-state index is 0.121. The molecule has 0 radical (unpaired) electrons. The van der Waals surface area contributed by atoms with E-state index in [1.54, 1.807) is 14.0 Å². The molecule has 2 amide bonds. The molecule has 2 heterocycles. The third-order valence-corrected chi connectivity index (χ3v) is 5.85. The number of carbonyl (C=O) groups excluding carboxylic acids is 2. The van der Waals surface area contributed by atoms with Crippen LogP contribution in [0.5, 0.6) is 0 Å². The van der Waals surface area contributed by atoms with Crippen molar-refractivity contribution in [1.82, 2.24) is 14.8 Å². The molecule has 1 aromatic heterocycles. The van der Waals surface area contributed by atoms with Crippen LogP contribution in [0.2, 0.25) is 0 Å². The molecule has 2 aliphatic rings. The van der Waals surface area contributed by atoms with Gasteiger partial charge in [-0.15, -0.1) is 0 Å². The number of carbonyl (C=O) groups is 2. The van der Waals surface area contributed by atoms with Crippen molar-refractivity contribution in [3.8, 4) is 0 Å². The van der Waals surface area contributed by atoms with Crippen LogP contribution in [0.25, 0.3) is 0 Å². The molecular weight excluding hydrogens is 330 g/mol. The quantitative estimate of drug-likeness (QED) is 0.840. The summed E-state index contributed by atoms with van der Waals surface area (Å²) in [6.07, 6.45) is 7.28. The van der Waals surface area contributed by atoms with Gasteiger partial charge >= 0.3 is 0 Å². The van der Waals surface area contributed by atoms with Gasteiger partial charge in [0.05, 0.1) is 6.04 Å². The predicted molar refractivity (Wildman–Crippen MR) is 100 cm³/mol. The van der Waals surface area contributed by atoms with Crippen LogP contribution in [0, 0.1) is 13.8 Å². The van der Waals surface area contributed by atoms with Crippen molar-refractivity contribution in [3.63, 3.8) is 0 Å². The van der Waals surface area contributed by atoms with Gasteiger partial charge in [0.25, 0.3) is 11.5 Å². The number of nitrogens with zero attached hydrogens (tertiary/aromatic N) is 2. The standard InChI is InChI=1S/C20H29N3O3/c1-13-10-14(2)22(3)20(26)18(13)19(25)21-15-11-17(24)23(12-15)16-8-6-4-5-7-9-16/h10,15-16H,4-9,11-12H2,1-3H3,(H,21,25)/t15-/m0/s1. The first-order valence-corrected chi connectivity index (χ1v) is 9.66. The number of likely N-dealkylation sites (tertiary alicyclic amines) is 1. The van der Waals surface area contributed by atoms with E-state index in [-0.39, 0.29) is 29.0 Å². The van der Waals surface area contributed by atoms with Crippen LogP contribution in [0.15, 0.2) is 10.9 Å². The molecule has 1 aliphatic carbocycles. The maximum atomic E-state index is 12.7. The van der Waals surface area contributed by atoms with E-state index in [0.717, 1.165) is 18.5 Å². The van der Waals surface area contributed by atoms with Gasteiger partial charge in [-0.1, -0.05) is 25.7 Å². The van der Waals surface area contributed by atoms with E-state index in [1.165, 1.54) is 30.3 Å². The lowest BCUT2D eigenvalue weighted by Gasteiger charge is -2.27. The van der Waals surface area contributed by atoms with E-state index >= 15 is 0 Å². The smallest absolute Gasteiger partial charge is 0.263 e. The summed E-state index contributed by atoms with van der Waals surface area (Å²) in [5, 5.41) is 2.92. The van der Waals surface area contributed by atoms with Gasteiger partial charge < -0.3 is 14.8 Å². The Morgan fingerprint density at radius 3 is 2.42 bits per heavy atom. The molecule has 1 N–H and O–H groups in total. The molecule has 3 rings (SSSR count). The molecule has 1 saturated carbocycles. The molecule has 1 atom stereocenters. The number of aryl methyl sites for hydroxylation is 2. The van der Waals surface area contributed by atoms with E-state index < -0.39 is 0 Å². The third kappa shape index (κ3) is 3.69. The molecule has 0 bridgehead atoms. The van der Waals surface area contributed by atoms with Gasteiger partial charge in [-0.2, -0.15) is 0 Å². The molecule has 142 valence electrons. The zero-order valence-corrected chi connectivity index (χ0v) is 16.0. The fraction of sp³-hybridized carbons (Fsp3) is 0.650. The molecule has 1 aromatic rings. The summed E-state index contributed by atoms with van der Waals surface area (Å²) in [4.78, 5) is 39.6. The van der Waals surface area contributed by atoms with Gasteiger partial charge in [0, 0.05) is 31.7 Å². The number of amides is 2. The number of hydrogen-bond donors (Lipinski definition) is 1. The fourth-order valence-electron chi connectivity index (χ4n) is 4.26. The molecule has 0 aromatic carbocycles. The van der Waals surface area contributed by atoms with Gasteiger partial charge in [-0.3, -0.25) is 14.4 Å². The van der Waals surface area contributed by atoms with Crippen LogP contribution >= 0.6 is 0 Å². The first kappa shape index (κ1) is 18.7. The van der Waals surface area contributed by atoms with Crippen molar-refractivity contribution in [2.24, 2.45) is 7.05 Å². The molecule has 1 saturated heterocycles. The van der Waals surface area contributed by atoms with E-state index in [0.29, 0.717) is 24.6 Å². The number of rotatable bonds is 3. The molecule has 26 heavy (non-hydrogen) atoms. The maximum absolute atomic E-state index is 12.7. The Hall–Kier alpha value is -2.11. The lowest BCUT2D eigenvalue weighted by atomic mass is 10.1. The van der Waals surface area contributed by atoms with Crippen LogP contribution in [0.3, 0.4) is 0 Å². The second-order valence-corrected chi connectivity index (χ2v) is 7.77. The average molecular weight is 359 g/mol. The highest BCUT2D eigenvalue weighted by atomic mass is 16.2. The Balaban J connectivity index is 1.70. The van der Waals surface area contributed by atoms with Crippen LogP contribution in [0.1, 0.15) is 66.6 Å². The van der Waals surface area contributed by atoms with E-state index in [1.807, 2.05) is 17.9 Å². The molecule has 0 unspecified atom stereocenters. The number of nitrogens with one attached hydrogen (secondary N) is 1. The topological polar surface area (TPSA) is 71.4 Å². The summed E-state index contributed by atoms with van der Waals surface area (Å²) < 4.78 is 1.49. The normalized spacial score (nSPS) is 21.7. The largest absolute Gasteiger partial charge is 0.347 e. The minimum atomic E-state index is -0.372. The summed E-state index contributed by atoms with van der Waals surface area (Å²) in [5.74, 6) is -0.251. The zero-order chi connectivity index (χ0) is 18.8. The molecule has 0 spiro atoms. The highest BCUT2D eigenvalue weighted by molar-refractivity contribution is 5.96. The van der Waals surface area contributed by atoms with Crippen LogP contribution < -0.4 is 10.9 Å². The molecular formula is C20H29N3O3. The van der Waals surface area contributed by atoms with Crippen molar-refractivity contribution in [3.05, 3.63) is 33.2 Å². The first-order valence-electron chi connectivity index (χ1n) is 9.66. The SMILES string of the molecule is Cc1cc(C)n(C)c(=O)c1C(=O)N[C@H]1CC(=O)N(C2CCCCCC2)C1. The fourth-order valence-corrected chi connectivity index (χ4v) is 4.26. The number of pyridine rings is 1. The summed E-state index contributed by atoms with van der Waals surface area (Å²) >= 11 is 0. The highest BCUT2D eigenvalue weighted by Crippen LogP contribution is 2.26. The van der Waals surface area contributed by atoms with E-state index in [4.69, 9.17) is 0 Å². The van der Waals surface area contributed by atoms with Gasteiger partial charge in [-0.25, -0.2) is 0 Å². The van der Waals surface area contributed by atoms with E-state index in [9.17, 15) is 14.4 Å². The average Bonchev–Trinajstić information content (AvgIpc) is 2.79. The summed E-state index contributed by atoms with van der Waals surface area (Å²) in [5.41, 5.74) is 1.39. The zero-order valence-electron chi connectivity index (χ0n) is 16.0. The van der Waals surface area contributed by atoms with Gasteiger partial charge in [0.2, 0.25) is 5.91 Å². The maximum Gasteiger partial charge on any atom is 0.263 e. The Labute approximate surface area is 154 Å². The summed E-state index contributed by atoms with van der Waals surface area (Å²) in [6, 6.07) is 1.93. The first-order chi connectivity index (χ1) is 12.4. The molecule has 6 heteroatoms. The van der Waals surface area contributed by atoms with Crippen molar-refractivity contribution in [2.75, 3.05) is 6.54 Å². The van der Waals surface area contributed by atoms with Gasteiger partial charge in [-0.05, 0) is 38.3 Å². The summed E-state index contributed by atoms with van der Waals surface area (Å²) in [7, 11) is 1.67. The van der Waals surface area contributed by atoms with Crippen molar-refractivity contribution < 1.29 is 9.59 Å². The van der Waals surface area contributed by atoms with Crippen molar-refractivity contribution in [2.45, 2.75) is 70.9 Å². The van der Waals surface area contributed by atoms with Crippen LogP contribution in [-0.4, -0.2) is 39.9 Å². The predicted octanol–water partition coefficient (Wildman–Crippen LogP) is 2.06. The van der Waals surface area contributed by atoms with Crippen molar-refractivity contribution >= 4 is 11.8 Å². The second kappa shape index (κ2) is 7.64. The molecule has 6 nitrogen and oxygen atoms in total. The van der Waals surface area contributed by atoms with Crippen molar-refractivity contribution in [1.29, 1.82) is 0 Å². The van der Waals surface area contributed by atoms with Gasteiger partial charge in [0.1, 0.15) is 5.56 Å². The third-order valence-electron chi connectivity index (χ3n) is 5.85. The highest BCUT2D eigenvalue weighted by Gasteiger charge is 2.35. The Bertz CT molecular complexity index is 760. The number of aromatic nitrogens is 1. The Morgan fingerprint density at radius 1 is 1.12 bits per heavy atom. The lowest BCUT2D eigenvalue weighted by molar-refractivity contribution is -0.129. The molecule has 2 fully saturated rings. The van der Waals surface area contributed by atoms with E-state index in [2.05, 4.69) is 5.32 Å². The molecule has 1 aliphatic heterocycles.